The number of H-pyrrole nitrogens is 1. The van der Waals surface area contributed by atoms with E-state index in [1.54, 1.807) is 29.4 Å². The van der Waals surface area contributed by atoms with Crippen molar-refractivity contribution in [2.75, 3.05) is 6.61 Å². The first-order chi connectivity index (χ1) is 17.5. The molecule has 0 saturated carbocycles. The molecular weight excluding hydrogens is 478 g/mol. The summed E-state index contributed by atoms with van der Waals surface area (Å²) in [7, 11) is 0. The summed E-state index contributed by atoms with van der Waals surface area (Å²) < 4.78 is 11.6. The fourth-order valence-corrected chi connectivity index (χ4v) is 4.82. The largest absolute Gasteiger partial charge is 0.507 e. The minimum absolute atomic E-state index is 0.0508. The zero-order valence-corrected chi connectivity index (χ0v) is 21.0. The van der Waals surface area contributed by atoms with Crippen molar-refractivity contribution in [2.45, 2.75) is 45.7 Å². The standard InChI is InChI=1S/C28H28ClN3O4/c1-3-4-5-11-35-19-9-6-8-18(14-19)27-24-25(21-15-22(29)17(2)13-23(21)33)30-31-26(24)28(34)32(27)16-20-10-7-12-36-20/h6-10,12-15,27,33H,3-5,11,16H2,1-2H3,(H,30,31). The second kappa shape index (κ2) is 10.1. The summed E-state index contributed by atoms with van der Waals surface area (Å²) in [6.45, 7) is 4.89. The molecule has 1 amide bonds. The fraction of sp³-hybridized carbons (Fsp3) is 0.286. The average molecular weight is 506 g/mol. The van der Waals surface area contributed by atoms with E-state index in [4.69, 9.17) is 20.8 Å². The first kappa shape index (κ1) is 24.0. The molecule has 1 unspecified atom stereocenters. The summed E-state index contributed by atoms with van der Waals surface area (Å²) in [4.78, 5) is 15.3. The van der Waals surface area contributed by atoms with Crippen molar-refractivity contribution in [3.05, 3.63) is 88.0 Å². The van der Waals surface area contributed by atoms with Crippen LogP contribution >= 0.6 is 11.6 Å². The molecule has 2 aromatic heterocycles. The minimum atomic E-state index is -0.468. The molecule has 1 aliphatic heterocycles. The lowest BCUT2D eigenvalue weighted by Crippen LogP contribution is -2.29. The van der Waals surface area contributed by atoms with E-state index in [-0.39, 0.29) is 18.2 Å². The number of phenols is 1. The van der Waals surface area contributed by atoms with E-state index < -0.39 is 6.04 Å². The summed E-state index contributed by atoms with van der Waals surface area (Å²) in [6, 6.07) is 14.3. The summed E-state index contributed by atoms with van der Waals surface area (Å²) >= 11 is 6.40. The third-order valence-corrected chi connectivity index (χ3v) is 6.90. The van der Waals surface area contributed by atoms with Gasteiger partial charge in [0.1, 0.15) is 28.6 Å². The van der Waals surface area contributed by atoms with Crippen LogP contribution in [0.25, 0.3) is 11.3 Å². The van der Waals surface area contributed by atoms with Crippen LogP contribution in [0.15, 0.2) is 59.2 Å². The Labute approximate surface area is 214 Å². The molecule has 186 valence electrons. The lowest BCUT2D eigenvalue weighted by Gasteiger charge is -2.26. The highest BCUT2D eigenvalue weighted by Gasteiger charge is 2.43. The molecule has 0 radical (unpaired) electrons. The molecule has 0 aliphatic carbocycles. The molecule has 7 nitrogen and oxygen atoms in total. The van der Waals surface area contributed by atoms with Gasteiger partial charge in [-0.25, -0.2) is 0 Å². The lowest BCUT2D eigenvalue weighted by atomic mass is 9.95. The van der Waals surface area contributed by atoms with E-state index >= 15 is 0 Å². The number of nitrogens with one attached hydrogen (secondary N) is 1. The van der Waals surface area contributed by atoms with Gasteiger partial charge in [0.05, 0.1) is 25.5 Å². The van der Waals surface area contributed by atoms with Crippen LogP contribution in [-0.2, 0) is 6.54 Å². The van der Waals surface area contributed by atoms with Gasteiger partial charge < -0.3 is 19.2 Å². The van der Waals surface area contributed by atoms with Crippen LogP contribution in [0.4, 0.5) is 0 Å². The number of unbranched alkanes of at least 4 members (excludes halogenated alkanes) is 2. The van der Waals surface area contributed by atoms with Crippen molar-refractivity contribution in [2.24, 2.45) is 0 Å². The van der Waals surface area contributed by atoms with Crippen LogP contribution in [0.2, 0.25) is 5.02 Å². The molecule has 3 heterocycles. The minimum Gasteiger partial charge on any atom is -0.507 e. The second-order valence-corrected chi connectivity index (χ2v) is 9.43. The van der Waals surface area contributed by atoms with E-state index in [2.05, 4.69) is 17.1 Å². The number of ether oxygens (including phenoxy) is 1. The van der Waals surface area contributed by atoms with E-state index in [1.165, 1.54) is 0 Å². The number of aromatic nitrogens is 2. The Bertz CT molecular complexity index is 1380. The maximum absolute atomic E-state index is 13.6. The Hall–Kier alpha value is -3.71. The Morgan fingerprint density at radius 1 is 1.19 bits per heavy atom. The van der Waals surface area contributed by atoms with Crippen molar-refractivity contribution in [1.82, 2.24) is 15.1 Å². The predicted molar refractivity (Wildman–Crippen MR) is 137 cm³/mol. The van der Waals surface area contributed by atoms with Gasteiger partial charge in [0.2, 0.25) is 0 Å². The van der Waals surface area contributed by atoms with Crippen LogP contribution in [0.3, 0.4) is 0 Å². The number of nitrogens with zero attached hydrogens (tertiary/aromatic N) is 2. The van der Waals surface area contributed by atoms with Crippen LogP contribution in [0.1, 0.15) is 65.2 Å². The van der Waals surface area contributed by atoms with Crippen LogP contribution in [0.5, 0.6) is 11.5 Å². The van der Waals surface area contributed by atoms with Crippen molar-refractivity contribution in [1.29, 1.82) is 0 Å². The quantitative estimate of drug-likeness (QED) is 0.248. The molecule has 1 aliphatic rings. The molecule has 5 rings (SSSR count). The number of rotatable bonds is 9. The molecule has 0 spiro atoms. The van der Waals surface area contributed by atoms with Crippen molar-refractivity contribution < 1.29 is 19.1 Å². The van der Waals surface area contributed by atoms with E-state index in [1.807, 2.05) is 37.3 Å². The maximum Gasteiger partial charge on any atom is 0.273 e. The number of halogens is 1. The molecule has 2 aromatic carbocycles. The molecule has 0 fully saturated rings. The number of carbonyl (C=O) groups is 1. The van der Waals surface area contributed by atoms with Gasteiger partial charge in [-0.1, -0.05) is 43.5 Å². The lowest BCUT2D eigenvalue weighted by molar-refractivity contribution is 0.0716. The average Bonchev–Trinajstić information content (AvgIpc) is 3.59. The third-order valence-electron chi connectivity index (χ3n) is 6.49. The number of benzene rings is 2. The first-order valence-corrected chi connectivity index (χ1v) is 12.5. The number of aryl methyl sites for hydroxylation is 1. The van der Waals surface area contributed by atoms with Crippen LogP contribution < -0.4 is 4.74 Å². The number of furan rings is 1. The number of amides is 1. The number of hydrogen-bond donors (Lipinski definition) is 2. The molecule has 4 aromatic rings. The highest BCUT2D eigenvalue weighted by atomic mass is 35.5. The Morgan fingerprint density at radius 3 is 2.83 bits per heavy atom. The first-order valence-electron chi connectivity index (χ1n) is 12.1. The van der Waals surface area contributed by atoms with Crippen molar-refractivity contribution in [3.8, 4) is 22.8 Å². The van der Waals surface area contributed by atoms with Gasteiger partial charge in [-0.3, -0.25) is 9.89 Å². The SMILES string of the molecule is CCCCCOc1cccc(C2c3c(-c4cc(Cl)c(C)cc4O)n[nH]c3C(=O)N2Cc2ccco2)c1. The van der Waals surface area contributed by atoms with Gasteiger partial charge in [-0.15, -0.1) is 0 Å². The normalized spacial score (nSPS) is 14.9. The summed E-state index contributed by atoms with van der Waals surface area (Å²) in [5, 5.41) is 18.6. The van der Waals surface area contributed by atoms with Gasteiger partial charge in [0.25, 0.3) is 5.91 Å². The van der Waals surface area contributed by atoms with Crippen LogP contribution in [0, 0.1) is 6.92 Å². The summed E-state index contributed by atoms with van der Waals surface area (Å²) in [5.41, 5.74) is 3.65. The zero-order valence-electron chi connectivity index (χ0n) is 20.3. The molecule has 0 saturated heterocycles. The van der Waals surface area contributed by atoms with E-state index in [0.29, 0.717) is 39.9 Å². The maximum atomic E-state index is 13.6. The number of hydrogen-bond acceptors (Lipinski definition) is 5. The van der Waals surface area contributed by atoms with Crippen molar-refractivity contribution in [3.63, 3.8) is 0 Å². The Kier molecular flexibility index (Phi) is 6.74. The van der Waals surface area contributed by atoms with Gasteiger partial charge in [0.15, 0.2) is 0 Å². The molecule has 2 N–H and O–H groups in total. The third kappa shape index (κ3) is 4.46. The van der Waals surface area contributed by atoms with Gasteiger partial charge in [0, 0.05) is 16.1 Å². The zero-order chi connectivity index (χ0) is 25.2. The monoisotopic (exact) mass is 505 g/mol. The Morgan fingerprint density at radius 2 is 2.06 bits per heavy atom. The molecule has 36 heavy (non-hydrogen) atoms. The van der Waals surface area contributed by atoms with Crippen molar-refractivity contribution >= 4 is 17.5 Å². The molecular formula is C28H28ClN3O4. The highest BCUT2D eigenvalue weighted by molar-refractivity contribution is 6.31. The number of carbonyl (C=O) groups excluding carboxylic acids is 1. The van der Waals surface area contributed by atoms with Gasteiger partial charge >= 0.3 is 0 Å². The molecule has 1 atom stereocenters. The second-order valence-electron chi connectivity index (χ2n) is 9.02. The molecule has 8 heteroatoms. The van der Waals surface area contributed by atoms with Crippen LogP contribution in [-0.4, -0.2) is 32.7 Å². The van der Waals surface area contributed by atoms with E-state index in [0.717, 1.165) is 36.1 Å². The van der Waals surface area contributed by atoms with Gasteiger partial charge in [-0.2, -0.15) is 5.10 Å². The number of aromatic amines is 1. The van der Waals surface area contributed by atoms with E-state index in [9.17, 15) is 9.90 Å². The topological polar surface area (TPSA) is 91.6 Å². The predicted octanol–water partition coefficient (Wildman–Crippen LogP) is 6.65. The summed E-state index contributed by atoms with van der Waals surface area (Å²) in [5.74, 6) is 1.27. The smallest absolute Gasteiger partial charge is 0.273 e. The number of aromatic hydroxyl groups is 1. The highest BCUT2D eigenvalue weighted by Crippen LogP contribution is 2.46. The number of phenolic OH excluding ortho intramolecular Hbond substituents is 1. The molecule has 0 bridgehead atoms. The summed E-state index contributed by atoms with van der Waals surface area (Å²) in [6.07, 6.45) is 4.81. The van der Waals surface area contributed by atoms with Gasteiger partial charge in [-0.05, 0) is 60.9 Å². The fourth-order valence-electron chi connectivity index (χ4n) is 4.65. The number of fused-ring (bicyclic) bond motifs is 1. The Balaban J connectivity index is 1.59.